The van der Waals surface area contributed by atoms with Crippen LogP contribution in [0, 0.1) is 0 Å². The molecule has 1 aromatic heterocycles. The van der Waals surface area contributed by atoms with E-state index in [0.29, 0.717) is 6.04 Å². The molecule has 1 saturated heterocycles. The molecule has 1 N–H and O–H groups in total. The zero-order valence-corrected chi connectivity index (χ0v) is 12.1. The van der Waals surface area contributed by atoms with Crippen molar-refractivity contribution < 1.29 is 0 Å². The minimum atomic E-state index is 0. The van der Waals surface area contributed by atoms with Crippen molar-refractivity contribution in [3.05, 3.63) is 16.9 Å². The topological polar surface area (TPSA) is 41.0 Å². The summed E-state index contributed by atoms with van der Waals surface area (Å²) in [5, 5.41) is 3.34. The third-order valence-electron chi connectivity index (χ3n) is 2.36. The lowest BCUT2D eigenvalue weighted by Gasteiger charge is -2.33. The number of nitrogens with zero attached hydrogens (tertiary/aromatic N) is 3. The quantitative estimate of drug-likeness (QED) is 0.854. The van der Waals surface area contributed by atoms with Gasteiger partial charge in [-0.15, -0.1) is 24.8 Å². The van der Waals surface area contributed by atoms with Crippen molar-refractivity contribution in [1.82, 2.24) is 15.3 Å². The molecule has 4 nitrogen and oxygen atoms in total. The Morgan fingerprint density at radius 1 is 1.38 bits per heavy atom. The molecule has 0 aliphatic carbocycles. The maximum Gasteiger partial charge on any atom is 0.225 e. The molecular weight excluding hydrogens is 315 g/mol. The van der Waals surface area contributed by atoms with Crippen molar-refractivity contribution in [2.24, 2.45) is 0 Å². The van der Waals surface area contributed by atoms with Gasteiger partial charge in [0.05, 0.1) is 4.47 Å². The Labute approximate surface area is 116 Å². The molecule has 0 bridgehead atoms. The molecule has 1 aliphatic rings. The first kappa shape index (κ1) is 15.9. The van der Waals surface area contributed by atoms with E-state index < -0.39 is 0 Å². The number of hydrogen-bond acceptors (Lipinski definition) is 4. The molecule has 1 aliphatic heterocycles. The van der Waals surface area contributed by atoms with E-state index in [2.05, 4.69) is 43.0 Å². The summed E-state index contributed by atoms with van der Waals surface area (Å²) in [4.78, 5) is 10.8. The van der Waals surface area contributed by atoms with Crippen molar-refractivity contribution in [3.63, 3.8) is 0 Å². The van der Waals surface area contributed by atoms with E-state index >= 15 is 0 Å². The fourth-order valence-corrected chi connectivity index (χ4v) is 1.80. The maximum absolute atomic E-state index is 4.29. The summed E-state index contributed by atoms with van der Waals surface area (Å²) in [6.45, 7) is 5.16. The fourth-order valence-electron chi connectivity index (χ4n) is 1.59. The van der Waals surface area contributed by atoms with Gasteiger partial charge in [-0.2, -0.15) is 0 Å². The van der Waals surface area contributed by atoms with Crippen LogP contribution in [-0.2, 0) is 0 Å². The van der Waals surface area contributed by atoms with Crippen LogP contribution in [0.3, 0.4) is 0 Å². The van der Waals surface area contributed by atoms with Gasteiger partial charge in [-0.25, -0.2) is 9.97 Å². The molecule has 0 aromatic carbocycles. The molecule has 1 atom stereocenters. The molecule has 16 heavy (non-hydrogen) atoms. The van der Waals surface area contributed by atoms with Crippen molar-refractivity contribution in [1.29, 1.82) is 0 Å². The first-order chi connectivity index (χ1) is 6.77. The van der Waals surface area contributed by atoms with Crippen LogP contribution < -0.4 is 10.2 Å². The van der Waals surface area contributed by atoms with Crippen molar-refractivity contribution in [2.45, 2.75) is 13.0 Å². The summed E-state index contributed by atoms with van der Waals surface area (Å²) in [5.41, 5.74) is 0. The predicted octanol–water partition coefficient (Wildman–Crippen LogP) is 1.88. The van der Waals surface area contributed by atoms with Crippen LogP contribution >= 0.6 is 40.7 Å². The van der Waals surface area contributed by atoms with Gasteiger partial charge in [-0.1, -0.05) is 0 Å². The summed E-state index contributed by atoms with van der Waals surface area (Å²) in [6, 6.07) is 0.463. The molecule has 7 heteroatoms. The van der Waals surface area contributed by atoms with Gasteiger partial charge in [0.2, 0.25) is 5.95 Å². The normalized spacial score (nSPS) is 19.6. The van der Waals surface area contributed by atoms with Gasteiger partial charge in [0, 0.05) is 38.1 Å². The van der Waals surface area contributed by atoms with Crippen LogP contribution in [0.1, 0.15) is 6.92 Å². The molecule has 0 spiro atoms. The van der Waals surface area contributed by atoms with Gasteiger partial charge in [-0.3, -0.25) is 0 Å². The molecule has 1 unspecified atom stereocenters. The Morgan fingerprint density at radius 2 is 2.00 bits per heavy atom. The molecule has 0 saturated carbocycles. The van der Waals surface area contributed by atoms with Gasteiger partial charge >= 0.3 is 0 Å². The second-order valence-corrected chi connectivity index (χ2v) is 4.36. The SMILES string of the molecule is CC1CNCCN1c1ncc(Br)cn1.Cl.Cl. The fraction of sp³-hybridized carbons (Fsp3) is 0.556. The van der Waals surface area contributed by atoms with Crippen LogP contribution in [0.25, 0.3) is 0 Å². The highest BCUT2D eigenvalue weighted by atomic mass is 79.9. The van der Waals surface area contributed by atoms with Gasteiger partial charge < -0.3 is 10.2 Å². The smallest absolute Gasteiger partial charge is 0.225 e. The summed E-state index contributed by atoms with van der Waals surface area (Å²) in [7, 11) is 0. The standard InChI is InChI=1S/C9H13BrN4.2ClH/c1-7-4-11-2-3-14(7)9-12-5-8(10)6-13-9;;/h5-7,11H,2-4H2,1H3;2*1H. The minimum absolute atomic E-state index is 0. The van der Waals surface area contributed by atoms with Gasteiger partial charge in [-0.05, 0) is 22.9 Å². The van der Waals surface area contributed by atoms with E-state index in [0.717, 1.165) is 30.1 Å². The van der Waals surface area contributed by atoms with E-state index in [9.17, 15) is 0 Å². The highest BCUT2D eigenvalue weighted by Gasteiger charge is 2.19. The molecule has 2 rings (SSSR count). The monoisotopic (exact) mass is 328 g/mol. The Morgan fingerprint density at radius 3 is 2.56 bits per heavy atom. The third kappa shape index (κ3) is 3.73. The number of halogens is 3. The Kier molecular flexibility index (Phi) is 7.22. The first-order valence-corrected chi connectivity index (χ1v) is 5.51. The predicted molar refractivity (Wildman–Crippen MR) is 73.9 cm³/mol. The van der Waals surface area contributed by atoms with Gasteiger partial charge in [0.1, 0.15) is 0 Å². The van der Waals surface area contributed by atoms with Gasteiger partial charge in [0.25, 0.3) is 0 Å². The molecule has 0 radical (unpaired) electrons. The highest BCUT2D eigenvalue weighted by Crippen LogP contribution is 2.14. The number of nitrogens with one attached hydrogen (secondary N) is 1. The lowest BCUT2D eigenvalue weighted by molar-refractivity contribution is 0.493. The maximum atomic E-state index is 4.29. The second-order valence-electron chi connectivity index (χ2n) is 3.45. The molecule has 0 amide bonds. The van der Waals surface area contributed by atoms with Gasteiger partial charge in [0.15, 0.2) is 0 Å². The zero-order valence-electron chi connectivity index (χ0n) is 8.89. The molecule has 1 aromatic rings. The summed E-state index contributed by atoms with van der Waals surface area (Å²) >= 11 is 3.33. The zero-order chi connectivity index (χ0) is 9.97. The lowest BCUT2D eigenvalue weighted by atomic mass is 10.2. The van der Waals surface area contributed by atoms with E-state index in [1.54, 1.807) is 12.4 Å². The van der Waals surface area contributed by atoms with E-state index in [-0.39, 0.29) is 24.8 Å². The van der Waals surface area contributed by atoms with Crippen LogP contribution in [0.2, 0.25) is 0 Å². The first-order valence-electron chi connectivity index (χ1n) is 4.72. The van der Waals surface area contributed by atoms with Crippen molar-refractivity contribution in [2.75, 3.05) is 24.5 Å². The van der Waals surface area contributed by atoms with E-state index in [4.69, 9.17) is 0 Å². The van der Waals surface area contributed by atoms with Crippen LogP contribution in [0.5, 0.6) is 0 Å². The van der Waals surface area contributed by atoms with Crippen LogP contribution in [0.15, 0.2) is 16.9 Å². The Hall–Kier alpha value is -0.100. The van der Waals surface area contributed by atoms with Crippen LogP contribution in [-0.4, -0.2) is 35.6 Å². The number of rotatable bonds is 1. The third-order valence-corrected chi connectivity index (χ3v) is 2.77. The number of anilines is 1. The Bertz CT molecular complexity index is 309. The second kappa shape index (κ2) is 7.27. The Balaban J connectivity index is 0.00000112. The molecule has 2 heterocycles. The average molecular weight is 330 g/mol. The number of hydrogen-bond donors (Lipinski definition) is 1. The van der Waals surface area contributed by atoms with Crippen molar-refractivity contribution in [3.8, 4) is 0 Å². The summed E-state index contributed by atoms with van der Waals surface area (Å²) < 4.78 is 0.920. The summed E-state index contributed by atoms with van der Waals surface area (Å²) in [6.07, 6.45) is 3.58. The molecule has 92 valence electrons. The number of aromatic nitrogens is 2. The largest absolute Gasteiger partial charge is 0.336 e. The lowest BCUT2D eigenvalue weighted by Crippen LogP contribution is -2.50. The van der Waals surface area contributed by atoms with E-state index in [1.165, 1.54) is 0 Å². The van der Waals surface area contributed by atoms with Crippen molar-refractivity contribution >= 4 is 46.7 Å². The highest BCUT2D eigenvalue weighted by molar-refractivity contribution is 9.10. The summed E-state index contributed by atoms with van der Waals surface area (Å²) in [5.74, 6) is 0.821. The average Bonchev–Trinajstić information content (AvgIpc) is 2.20. The van der Waals surface area contributed by atoms with Crippen LogP contribution in [0.4, 0.5) is 5.95 Å². The van der Waals surface area contributed by atoms with E-state index in [1.807, 2.05) is 0 Å². The number of piperazine rings is 1. The minimum Gasteiger partial charge on any atom is -0.336 e. The molecule has 1 fully saturated rings. The molecular formula is C9H15BrCl2N4.